The molecule has 0 saturated carbocycles. The van der Waals surface area contributed by atoms with Gasteiger partial charge in [0, 0.05) is 55.5 Å². The monoisotopic (exact) mass is 553 g/mol. The average Bonchev–Trinajstić information content (AvgIpc) is 3.30. The molecule has 0 bridgehead atoms. The number of hydrogen-bond donors (Lipinski definition) is 0. The minimum atomic E-state index is -4.44. The van der Waals surface area contributed by atoms with Crippen molar-refractivity contribution < 1.29 is 22.4 Å². The van der Waals surface area contributed by atoms with Gasteiger partial charge in [-0.05, 0) is 50.5 Å². The number of aromatic nitrogens is 2. The fourth-order valence-corrected chi connectivity index (χ4v) is 5.78. The van der Waals surface area contributed by atoms with Crippen molar-refractivity contribution in [1.29, 1.82) is 5.26 Å². The van der Waals surface area contributed by atoms with Gasteiger partial charge in [0.15, 0.2) is 0 Å². The molecule has 2 atom stereocenters. The smallest absolute Gasteiger partial charge is 0.368 e. The number of anilines is 1. The summed E-state index contributed by atoms with van der Waals surface area (Å²) in [5, 5.41) is 14.1. The number of alkyl halides is 4. The Labute approximate surface area is 230 Å². The molecule has 0 N–H and O–H groups in total. The van der Waals surface area contributed by atoms with Gasteiger partial charge < -0.3 is 4.90 Å². The van der Waals surface area contributed by atoms with E-state index in [1.165, 1.54) is 12.1 Å². The van der Waals surface area contributed by atoms with Crippen LogP contribution in [-0.4, -0.2) is 59.4 Å². The summed E-state index contributed by atoms with van der Waals surface area (Å²) >= 11 is 0. The maximum Gasteiger partial charge on any atom is 0.416 e. The Bertz CT molecular complexity index is 1400. The second-order valence-corrected chi connectivity index (χ2v) is 10.6. The number of carbonyl (C=O) groups excluding carboxylic acids is 1. The van der Waals surface area contributed by atoms with Gasteiger partial charge in [0.1, 0.15) is 18.0 Å². The first-order valence-corrected chi connectivity index (χ1v) is 13.5. The van der Waals surface area contributed by atoms with Crippen LogP contribution in [0.3, 0.4) is 0 Å². The first-order chi connectivity index (χ1) is 19.1. The van der Waals surface area contributed by atoms with Crippen LogP contribution in [0, 0.1) is 17.2 Å². The molecular weight excluding hydrogens is 522 g/mol. The minimum Gasteiger partial charge on any atom is -0.368 e. The maximum absolute atomic E-state index is 15.4. The van der Waals surface area contributed by atoms with Crippen molar-refractivity contribution >= 4 is 11.5 Å². The van der Waals surface area contributed by atoms with Crippen molar-refractivity contribution in [2.24, 2.45) is 5.92 Å². The Morgan fingerprint density at radius 3 is 2.42 bits per heavy atom. The molecule has 40 heavy (non-hydrogen) atoms. The number of rotatable bonds is 7. The van der Waals surface area contributed by atoms with Gasteiger partial charge in [-0.2, -0.15) is 23.5 Å². The Morgan fingerprint density at radius 1 is 1.07 bits per heavy atom. The van der Waals surface area contributed by atoms with Crippen LogP contribution in [0.1, 0.15) is 35.7 Å². The number of ketones is 1. The van der Waals surface area contributed by atoms with Gasteiger partial charge in [-0.15, -0.1) is 0 Å². The Kier molecular flexibility index (Phi) is 7.95. The van der Waals surface area contributed by atoms with Gasteiger partial charge in [0.2, 0.25) is 0 Å². The second-order valence-electron chi connectivity index (χ2n) is 10.6. The number of carbonyl (C=O) groups is 1. The van der Waals surface area contributed by atoms with Crippen molar-refractivity contribution in [3.63, 3.8) is 0 Å². The number of hydrogen-bond acceptors (Lipinski definition) is 5. The molecule has 6 nitrogen and oxygen atoms in total. The number of benzene rings is 2. The third kappa shape index (κ3) is 5.89. The molecule has 0 amide bonds. The van der Waals surface area contributed by atoms with Crippen LogP contribution >= 0.6 is 0 Å². The lowest BCUT2D eigenvalue weighted by atomic mass is 9.83. The van der Waals surface area contributed by atoms with Crippen molar-refractivity contribution in [3.8, 4) is 17.3 Å². The standard InChI is InChI=1S/C30H31F4N5O/c1-20(40)22-8-11-28-26(16-22)29(21-6-9-24(10-7-21)30(32,33)34)36-39(28)19-25(31)18-37-12-14-38(15-13-37)27-5-3-2-4-23(27)17-35/h2-7,9-10,22,25H,8,11-16,18-19H2,1H3. The van der Waals surface area contributed by atoms with Crippen LogP contribution in [0.5, 0.6) is 0 Å². The van der Waals surface area contributed by atoms with Crippen LogP contribution in [-0.2, 0) is 30.4 Å². The number of halogens is 4. The molecule has 2 aliphatic rings. The van der Waals surface area contributed by atoms with Crippen LogP contribution in [0.4, 0.5) is 23.2 Å². The van der Waals surface area contributed by atoms with Gasteiger partial charge in [0.05, 0.1) is 29.1 Å². The molecule has 0 radical (unpaired) electrons. The van der Waals surface area contributed by atoms with Gasteiger partial charge in [-0.25, -0.2) is 4.39 Å². The highest BCUT2D eigenvalue weighted by molar-refractivity contribution is 5.79. The molecule has 210 valence electrons. The first kappa shape index (κ1) is 27.8. The van der Waals surface area contributed by atoms with Crippen molar-refractivity contribution in [2.45, 2.75) is 45.1 Å². The van der Waals surface area contributed by atoms with Crippen LogP contribution in [0.25, 0.3) is 11.3 Å². The quantitative estimate of drug-likeness (QED) is 0.372. The van der Waals surface area contributed by atoms with E-state index in [1.807, 2.05) is 18.2 Å². The molecule has 1 aromatic heterocycles. The third-order valence-corrected chi connectivity index (χ3v) is 7.97. The van der Waals surface area contributed by atoms with Crippen LogP contribution in [0.15, 0.2) is 48.5 Å². The van der Waals surface area contributed by atoms with Crippen molar-refractivity contribution in [3.05, 3.63) is 70.9 Å². The molecule has 2 unspecified atom stereocenters. The first-order valence-electron chi connectivity index (χ1n) is 13.5. The maximum atomic E-state index is 15.4. The lowest BCUT2D eigenvalue weighted by Gasteiger charge is -2.37. The van der Waals surface area contributed by atoms with Gasteiger partial charge >= 0.3 is 6.18 Å². The zero-order valence-electron chi connectivity index (χ0n) is 22.3. The summed E-state index contributed by atoms with van der Waals surface area (Å²) in [4.78, 5) is 16.3. The highest BCUT2D eigenvalue weighted by atomic mass is 19.4. The van der Waals surface area contributed by atoms with Gasteiger partial charge in [-0.1, -0.05) is 24.3 Å². The molecule has 2 aromatic carbocycles. The van der Waals surface area contributed by atoms with E-state index >= 15 is 4.39 Å². The predicted octanol–water partition coefficient (Wildman–Crippen LogP) is 5.29. The number of piperazine rings is 1. The second kappa shape index (κ2) is 11.4. The fourth-order valence-electron chi connectivity index (χ4n) is 5.78. The predicted molar refractivity (Wildman–Crippen MR) is 144 cm³/mol. The Balaban J connectivity index is 1.29. The summed E-state index contributed by atoms with van der Waals surface area (Å²) in [6.45, 7) is 4.51. The molecule has 0 spiro atoms. The number of fused-ring (bicyclic) bond motifs is 1. The van der Waals surface area contributed by atoms with E-state index in [9.17, 15) is 23.2 Å². The number of nitriles is 1. The van der Waals surface area contributed by atoms with E-state index in [-0.39, 0.29) is 24.8 Å². The fraction of sp³-hybridized carbons (Fsp3) is 0.433. The SMILES string of the molecule is CC(=O)C1CCc2c(c(-c3ccc(C(F)(F)F)cc3)nn2CC(F)CN2CCN(c3ccccc3C#N)CC2)C1. The molecule has 2 heterocycles. The highest BCUT2D eigenvalue weighted by Crippen LogP contribution is 2.36. The van der Waals surface area contributed by atoms with Crippen LogP contribution in [0.2, 0.25) is 0 Å². The summed E-state index contributed by atoms with van der Waals surface area (Å²) in [6, 6.07) is 14.5. The lowest BCUT2D eigenvalue weighted by Crippen LogP contribution is -2.48. The van der Waals surface area contributed by atoms with E-state index < -0.39 is 17.9 Å². The van der Waals surface area contributed by atoms with E-state index in [2.05, 4.69) is 21.0 Å². The lowest BCUT2D eigenvalue weighted by molar-refractivity contribution is -0.137. The average molecular weight is 554 g/mol. The zero-order valence-corrected chi connectivity index (χ0v) is 22.3. The molecule has 10 heteroatoms. The number of Topliss-reactive ketones (excluding diaryl/α,β-unsaturated/α-hetero) is 1. The summed E-state index contributed by atoms with van der Waals surface area (Å²) < 4.78 is 56.4. The number of nitrogens with zero attached hydrogens (tertiary/aromatic N) is 5. The van der Waals surface area contributed by atoms with Gasteiger partial charge in [-0.3, -0.25) is 14.4 Å². The van der Waals surface area contributed by atoms with E-state index in [0.717, 1.165) is 29.1 Å². The molecule has 1 fully saturated rings. The summed E-state index contributed by atoms with van der Waals surface area (Å²) in [6.07, 6.45) is -3.99. The minimum absolute atomic E-state index is 0.0329. The summed E-state index contributed by atoms with van der Waals surface area (Å²) in [7, 11) is 0. The topological polar surface area (TPSA) is 65.2 Å². The normalized spacial score (nSPS) is 18.7. The third-order valence-electron chi connectivity index (χ3n) is 7.97. The zero-order chi connectivity index (χ0) is 28.4. The molecule has 3 aromatic rings. The van der Waals surface area contributed by atoms with E-state index in [4.69, 9.17) is 0 Å². The Hall–Kier alpha value is -3.71. The van der Waals surface area contributed by atoms with E-state index in [1.54, 1.807) is 17.7 Å². The summed E-state index contributed by atoms with van der Waals surface area (Å²) in [5.41, 5.74) is 3.49. The summed E-state index contributed by atoms with van der Waals surface area (Å²) in [5.74, 6) is -0.112. The molecule has 5 rings (SSSR count). The highest BCUT2D eigenvalue weighted by Gasteiger charge is 2.32. The van der Waals surface area contributed by atoms with Crippen molar-refractivity contribution in [2.75, 3.05) is 37.6 Å². The largest absolute Gasteiger partial charge is 0.416 e. The van der Waals surface area contributed by atoms with Gasteiger partial charge in [0.25, 0.3) is 0 Å². The Morgan fingerprint density at radius 2 is 1.77 bits per heavy atom. The molecule has 1 aliphatic carbocycles. The molecule has 1 saturated heterocycles. The van der Waals surface area contributed by atoms with Crippen LogP contribution < -0.4 is 4.90 Å². The number of para-hydroxylation sites is 1. The van der Waals surface area contributed by atoms with Crippen molar-refractivity contribution in [1.82, 2.24) is 14.7 Å². The molecular formula is C30H31F4N5O. The molecule has 1 aliphatic heterocycles. The van der Waals surface area contributed by atoms with E-state index in [0.29, 0.717) is 62.3 Å².